The summed E-state index contributed by atoms with van der Waals surface area (Å²) in [6, 6.07) is 15.3. The Morgan fingerprint density at radius 2 is 2.10 bits per heavy atom. The predicted molar refractivity (Wildman–Crippen MR) is 81.2 cm³/mol. The molecular weight excluding hydrogens is 264 g/mol. The smallest absolute Gasteiger partial charge is 0.251 e. The predicted octanol–water partition coefficient (Wildman–Crippen LogP) is 1.88. The lowest BCUT2D eigenvalue weighted by atomic mass is 10.1. The van der Waals surface area contributed by atoms with Crippen molar-refractivity contribution in [3.05, 3.63) is 65.2 Å². The molecule has 4 nitrogen and oxygen atoms in total. The summed E-state index contributed by atoms with van der Waals surface area (Å²) in [7, 11) is 0. The van der Waals surface area contributed by atoms with Crippen molar-refractivity contribution < 1.29 is 9.53 Å². The number of amides is 1. The van der Waals surface area contributed by atoms with Crippen LogP contribution in [0.25, 0.3) is 0 Å². The van der Waals surface area contributed by atoms with E-state index in [1.807, 2.05) is 36.4 Å². The minimum atomic E-state index is -0.0927. The first-order chi connectivity index (χ1) is 10.3. The van der Waals surface area contributed by atoms with Gasteiger partial charge < -0.3 is 15.8 Å². The number of ether oxygens (including phenoxy) is 1. The van der Waals surface area contributed by atoms with Crippen molar-refractivity contribution in [2.24, 2.45) is 5.73 Å². The average Bonchev–Trinajstić information content (AvgIpc) is 2.95. The van der Waals surface area contributed by atoms with Gasteiger partial charge in [-0.3, -0.25) is 4.79 Å². The molecule has 0 aromatic heterocycles. The molecular formula is C17H18N2O2. The molecule has 1 unspecified atom stereocenters. The molecule has 108 valence electrons. The largest absolute Gasteiger partial charge is 0.488 e. The number of rotatable bonds is 4. The molecule has 1 amide bonds. The molecule has 0 fully saturated rings. The van der Waals surface area contributed by atoms with Crippen LogP contribution in [0.3, 0.4) is 0 Å². The van der Waals surface area contributed by atoms with Crippen LogP contribution in [0.15, 0.2) is 48.5 Å². The lowest BCUT2D eigenvalue weighted by molar-refractivity contribution is 0.0933. The van der Waals surface area contributed by atoms with Gasteiger partial charge in [0.1, 0.15) is 11.9 Å². The number of fused-ring (bicyclic) bond motifs is 1. The van der Waals surface area contributed by atoms with E-state index in [0.717, 1.165) is 17.7 Å². The number of hydrogen-bond acceptors (Lipinski definition) is 3. The highest BCUT2D eigenvalue weighted by Crippen LogP contribution is 2.27. The molecule has 1 aliphatic rings. The van der Waals surface area contributed by atoms with Crippen molar-refractivity contribution >= 4 is 5.91 Å². The Bertz CT molecular complexity index is 630. The number of carbonyl (C=O) groups excluding carboxylic acids is 1. The third-order valence-electron chi connectivity index (χ3n) is 3.63. The fraction of sp³-hybridized carbons (Fsp3) is 0.235. The maximum Gasteiger partial charge on any atom is 0.251 e. The van der Waals surface area contributed by atoms with Crippen LogP contribution in [0.1, 0.15) is 21.5 Å². The van der Waals surface area contributed by atoms with E-state index < -0.39 is 0 Å². The van der Waals surface area contributed by atoms with Crippen molar-refractivity contribution in [1.29, 1.82) is 0 Å². The lowest BCUT2D eigenvalue weighted by Gasteiger charge is -2.12. The van der Waals surface area contributed by atoms with Crippen LogP contribution in [0.2, 0.25) is 0 Å². The van der Waals surface area contributed by atoms with Crippen LogP contribution in [-0.2, 0) is 13.0 Å². The number of benzene rings is 2. The number of carbonyl (C=O) groups is 1. The molecule has 3 rings (SSSR count). The summed E-state index contributed by atoms with van der Waals surface area (Å²) in [5.74, 6) is 0.826. The minimum Gasteiger partial charge on any atom is -0.488 e. The SMILES string of the molecule is NCc1cccc(C(=O)NCC2Cc3ccccc3O2)c1. The molecule has 1 aliphatic heterocycles. The summed E-state index contributed by atoms with van der Waals surface area (Å²) < 4.78 is 5.80. The zero-order valence-corrected chi connectivity index (χ0v) is 11.7. The van der Waals surface area contributed by atoms with E-state index in [9.17, 15) is 4.79 Å². The fourth-order valence-corrected chi connectivity index (χ4v) is 2.52. The van der Waals surface area contributed by atoms with E-state index in [-0.39, 0.29) is 12.0 Å². The highest BCUT2D eigenvalue weighted by Gasteiger charge is 2.22. The summed E-state index contributed by atoms with van der Waals surface area (Å²) in [5, 5.41) is 2.92. The standard InChI is InChI=1S/C17H18N2O2/c18-10-12-4-3-6-14(8-12)17(20)19-11-15-9-13-5-1-2-7-16(13)21-15/h1-8,15H,9-11,18H2,(H,19,20). The Labute approximate surface area is 123 Å². The van der Waals surface area contributed by atoms with Gasteiger partial charge in [-0.05, 0) is 29.3 Å². The van der Waals surface area contributed by atoms with Gasteiger partial charge in [0.25, 0.3) is 5.91 Å². The molecule has 2 aromatic rings. The van der Waals surface area contributed by atoms with Crippen LogP contribution in [0, 0.1) is 0 Å². The third-order valence-corrected chi connectivity index (χ3v) is 3.63. The summed E-state index contributed by atoms with van der Waals surface area (Å²) in [4.78, 5) is 12.1. The van der Waals surface area contributed by atoms with Crippen molar-refractivity contribution in [3.63, 3.8) is 0 Å². The Morgan fingerprint density at radius 3 is 2.90 bits per heavy atom. The van der Waals surface area contributed by atoms with Gasteiger partial charge in [-0.15, -0.1) is 0 Å². The Balaban J connectivity index is 1.57. The topological polar surface area (TPSA) is 64.4 Å². The normalized spacial score (nSPS) is 16.1. The summed E-state index contributed by atoms with van der Waals surface area (Å²) in [5.41, 5.74) is 8.37. The Kier molecular flexibility index (Phi) is 3.88. The second kappa shape index (κ2) is 5.97. The molecule has 0 saturated carbocycles. The second-order valence-electron chi connectivity index (χ2n) is 5.17. The second-order valence-corrected chi connectivity index (χ2v) is 5.17. The molecule has 1 heterocycles. The number of hydrogen-bond donors (Lipinski definition) is 2. The van der Waals surface area contributed by atoms with Crippen LogP contribution in [0.5, 0.6) is 5.75 Å². The van der Waals surface area contributed by atoms with Crippen LogP contribution in [0.4, 0.5) is 0 Å². The molecule has 2 aromatic carbocycles. The van der Waals surface area contributed by atoms with Crippen molar-refractivity contribution in [2.45, 2.75) is 19.1 Å². The van der Waals surface area contributed by atoms with Crippen LogP contribution in [-0.4, -0.2) is 18.6 Å². The van der Waals surface area contributed by atoms with Crippen molar-refractivity contribution in [1.82, 2.24) is 5.32 Å². The van der Waals surface area contributed by atoms with Gasteiger partial charge >= 0.3 is 0 Å². The van der Waals surface area contributed by atoms with E-state index in [1.54, 1.807) is 6.07 Å². The van der Waals surface area contributed by atoms with Gasteiger partial charge in [-0.1, -0.05) is 30.3 Å². The number of nitrogens with one attached hydrogen (secondary N) is 1. The molecule has 0 aliphatic carbocycles. The zero-order valence-electron chi connectivity index (χ0n) is 11.7. The zero-order chi connectivity index (χ0) is 14.7. The van der Waals surface area contributed by atoms with Gasteiger partial charge in [0.2, 0.25) is 0 Å². The van der Waals surface area contributed by atoms with Crippen LogP contribution >= 0.6 is 0 Å². The van der Waals surface area contributed by atoms with Gasteiger partial charge in [-0.25, -0.2) is 0 Å². The highest BCUT2D eigenvalue weighted by molar-refractivity contribution is 5.94. The first kappa shape index (κ1) is 13.6. The molecule has 4 heteroatoms. The molecule has 1 atom stereocenters. The molecule has 0 bridgehead atoms. The van der Waals surface area contributed by atoms with Crippen molar-refractivity contribution in [3.8, 4) is 5.75 Å². The van der Waals surface area contributed by atoms with Gasteiger partial charge in [-0.2, -0.15) is 0 Å². The van der Waals surface area contributed by atoms with Gasteiger partial charge in [0.15, 0.2) is 0 Å². The third kappa shape index (κ3) is 3.06. The Hall–Kier alpha value is -2.33. The minimum absolute atomic E-state index is 0.00374. The molecule has 21 heavy (non-hydrogen) atoms. The molecule has 0 spiro atoms. The maximum absolute atomic E-state index is 12.1. The van der Waals surface area contributed by atoms with Gasteiger partial charge in [0, 0.05) is 18.5 Å². The van der Waals surface area contributed by atoms with E-state index in [1.165, 1.54) is 5.56 Å². The number of nitrogens with two attached hydrogens (primary N) is 1. The average molecular weight is 282 g/mol. The summed E-state index contributed by atoms with van der Waals surface area (Å²) >= 11 is 0. The number of para-hydroxylation sites is 1. The maximum atomic E-state index is 12.1. The first-order valence-corrected chi connectivity index (χ1v) is 7.08. The van der Waals surface area contributed by atoms with Crippen LogP contribution < -0.4 is 15.8 Å². The first-order valence-electron chi connectivity index (χ1n) is 7.08. The van der Waals surface area contributed by atoms with Crippen molar-refractivity contribution in [2.75, 3.05) is 6.54 Å². The van der Waals surface area contributed by atoms with E-state index in [0.29, 0.717) is 18.7 Å². The lowest BCUT2D eigenvalue weighted by Crippen LogP contribution is -2.34. The summed E-state index contributed by atoms with van der Waals surface area (Å²) in [6.45, 7) is 0.933. The van der Waals surface area contributed by atoms with E-state index in [4.69, 9.17) is 10.5 Å². The van der Waals surface area contributed by atoms with E-state index >= 15 is 0 Å². The fourth-order valence-electron chi connectivity index (χ4n) is 2.52. The molecule has 0 saturated heterocycles. The Morgan fingerprint density at radius 1 is 1.24 bits per heavy atom. The summed E-state index contributed by atoms with van der Waals surface area (Å²) in [6.07, 6.45) is 0.836. The highest BCUT2D eigenvalue weighted by atomic mass is 16.5. The monoisotopic (exact) mass is 282 g/mol. The van der Waals surface area contributed by atoms with E-state index in [2.05, 4.69) is 11.4 Å². The molecule has 3 N–H and O–H groups in total. The van der Waals surface area contributed by atoms with Gasteiger partial charge in [0.05, 0.1) is 6.54 Å². The quantitative estimate of drug-likeness (QED) is 0.900. The molecule has 0 radical (unpaired) electrons.